The fourth-order valence-corrected chi connectivity index (χ4v) is 2.04. The van der Waals surface area contributed by atoms with Gasteiger partial charge in [-0.3, -0.25) is 4.90 Å². The Kier molecular flexibility index (Phi) is 5.91. The molecule has 0 aliphatic rings. The van der Waals surface area contributed by atoms with Crippen molar-refractivity contribution in [1.82, 2.24) is 4.90 Å². The second kappa shape index (κ2) is 6.70. The van der Waals surface area contributed by atoms with E-state index in [4.69, 9.17) is 34.8 Å². The minimum Gasteiger partial charge on any atom is -0.296 e. The van der Waals surface area contributed by atoms with Gasteiger partial charge < -0.3 is 0 Å². The molecular weight excluding hydrogens is 264 g/mol. The molecule has 1 aromatic rings. The summed E-state index contributed by atoms with van der Waals surface area (Å²) in [6.07, 6.45) is 0. The second-order valence-corrected chi connectivity index (χ2v) is 5.19. The molecule has 0 atom stereocenters. The lowest BCUT2D eigenvalue weighted by molar-refractivity contribution is 0.226. The molecule has 90 valence electrons. The highest BCUT2D eigenvalue weighted by Gasteiger charge is 2.10. The Hall–Kier alpha value is 0.0500. The summed E-state index contributed by atoms with van der Waals surface area (Å²) in [5, 5.41) is 1.20. The molecule has 1 rings (SSSR count). The smallest absolute Gasteiger partial charge is 0.0595 e. The van der Waals surface area contributed by atoms with Crippen LogP contribution in [0.25, 0.3) is 0 Å². The van der Waals surface area contributed by atoms with E-state index < -0.39 is 0 Å². The van der Waals surface area contributed by atoms with E-state index in [9.17, 15) is 0 Å². The van der Waals surface area contributed by atoms with E-state index >= 15 is 0 Å². The van der Waals surface area contributed by atoms with Crippen LogP contribution in [0.15, 0.2) is 18.2 Å². The first-order chi connectivity index (χ1) is 7.54. The van der Waals surface area contributed by atoms with Crippen LogP contribution in [0.3, 0.4) is 0 Å². The molecule has 0 aliphatic carbocycles. The summed E-state index contributed by atoms with van der Waals surface area (Å²) in [5.41, 5.74) is 1.16. The zero-order chi connectivity index (χ0) is 12.1. The predicted octanol–water partition coefficient (Wildman–Crippen LogP) is 4.44. The average molecular weight is 281 g/mol. The van der Waals surface area contributed by atoms with Crippen molar-refractivity contribution in [2.75, 3.05) is 12.4 Å². The lowest BCUT2D eigenvalue weighted by Crippen LogP contribution is -2.32. The van der Waals surface area contributed by atoms with E-state index in [0.717, 1.165) is 18.7 Å². The summed E-state index contributed by atoms with van der Waals surface area (Å²) in [4.78, 5) is 2.30. The molecule has 0 amide bonds. The normalized spacial score (nSPS) is 11.4. The number of nitrogens with zero attached hydrogens (tertiary/aromatic N) is 1. The standard InChI is InChI=1S/C12H16Cl3N/c1-9(2)16(6-5-13)8-10-3-4-11(14)12(15)7-10/h3-4,7,9H,5-6,8H2,1-2H3. The molecular formula is C12H16Cl3N. The van der Waals surface area contributed by atoms with E-state index in [0.29, 0.717) is 22.0 Å². The van der Waals surface area contributed by atoms with E-state index in [1.54, 1.807) is 0 Å². The Morgan fingerprint density at radius 2 is 1.88 bits per heavy atom. The minimum atomic E-state index is 0.466. The van der Waals surface area contributed by atoms with Crippen LogP contribution in [0.5, 0.6) is 0 Å². The predicted molar refractivity (Wildman–Crippen MR) is 72.7 cm³/mol. The number of hydrogen-bond acceptors (Lipinski definition) is 1. The van der Waals surface area contributed by atoms with E-state index in [1.165, 1.54) is 0 Å². The summed E-state index contributed by atoms with van der Waals surface area (Å²) in [6.45, 7) is 6.04. The highest BCUT2D eigenvalue weighted by Crippen LogP contribution is 2.23. The van der Waals surface area contributed by atoms with Crippen LogP contribution in [0, 0.1) is 0 Å². The Morgan fingerprint density at radius 3 is 2.38 bits per heavy atom. The maximum atomic E-state index is 5.98. The van der Waals surface area contributed by atoms with Crippen molar-refractivity contribution in [2.24, 2.45) is 0 Å². The van der Waals surface area contributed by atoms with Gasteiger partial charge in [-0.15, -0.1) is 11.6 Å². The van der Waals surface area contributed by atoms with Gasteiger partial charge in [-0.05, 0) is 31.5 Å². The summed E-state index contributed by atoms with van der Waals surface area (Å²) in [7, 11) is 0. The molecule has 4 heteroatoms. The van der Waals surface area contributed by atoms with E-state index in [1.807, 2.05) is 18.2 Å². The molecule has 0 fully saturated rings. The van der Waals surface area contributed by atoms with Crippen LogP contribution in [0.4, 0.5) is 0 Å². The molecule has 1 nitrogen and oxygen atoms in total. The van der Waals surface area contributed by atoms with Gasteiger partial charge in [0.2, 0.25) is 0 Å². The number of alkyl halides is 1. The van der Waals surface area contributed by atoms with Gasteiger partial charge in [-0.2, -0.15) is 0 Å². The maximum absolute atomic E-state index is 5.98. The largest absolute Gasteiger partial charge is 0.296 e. The molecule has 0 heterocycles. The lowest BCUT2D eigenvalue weighted by Gasteiger charge is -2.25. The average Bonchev–Trinajstić information content (AvgIpc) is 2.22. The summed E-state index contributed by atoms with van der Waals surface area (Å²) < 4.78 is 0. The fraction of sp³-hybridized carbons (Fsp3) is 0.500. The molecule has 0 spiro atoms. The van der Waals surface area contributed by atoms with Crippen LogP contribution in [-0.2, 0) is 6.54 Å². The first kappa shape index (κ1) is 14.1. The SMILES string of the molecule is CC(C)N(CCCl)Cc1ccc(Cl)c(Cl)c1. The van der Waals surface area contributed by atoms with Crippen LogP contribution >= 0.6 is 34.8 Å². The highest BCUT2D eigenvalue weighted by molar-refractivity contribution is 6.42. The van der Waals surface area contributed by atoms with Crippen molar-refractivity contribution in [3.63, 3.8) is 0 Å². The van der Waals surface area contributed by atoms with E-state index in [2.05, 4.69) is 18.7 Å². The first-order valence-electron chi connectivity index (χ1n) is 5.28. The van der Waals surface area contributed by atoms with Crippen LogP contribution in [0.1, 0.15) is 19.4 Å². The molecule has 0 saturated carbocycles. The zero-order valence-electron chi connectivity index (χ0n) is 9.51. The van der Waals surface area contributed by atoms with Gasteiger partial charge in [-0.25, -0.2) is 0 Å². The third-order valence-corrected chi connectivity index (χ3v) is 3.38. The summed E-state index contributed by atoms with van der Waals surface area (Å²) in [5.74, 6) is 0.638. The van der Waals surface area contributed by atoms with Gasteiger partial charge >= 0.3 is 0 Å². The van der Waals surface area contributed by atoms with Gasteiger partial charge in [0, 0.05) is 25.0 Å². The summed E-state index contributed by atoms with van der Waals surface area (Å²) >= 11 is 17.6. The molecule has 0 unspecified atom stereocenters. The number of rotatable bonds is 5. The van der Waals surface area contributed by atoms with Crippen molar-refractivity contribution in [3.05, 3.63) is 33.8 Å². The van der Waals surface area contributed by atoms with Crippen molar-refractivity contribution in [1.29, 1.82) is 0 Å². The summed E-state index contributed by atoms with van der Waals surface area (Å²) in [6, 6.07) is 6.21. The molecule has 0 aromatic heterocycles. The quantitative estimate of drug-likeness (QED) is 0.721. The molecule has 0 bridgehead atoms. The fourth-order valence-electron chi connectivity index (χ4n) is 1.50. The van der Waals surface area contributed by atoms with Crippen molar-refractivity contribution < 1.29 is 0 Å². The Labute approximate surface area is 112 Å². The van der Waals surface area contributed by atoms with Gasteiger partial charge in [0.25, 0.3) is 0 Å². The highest BCUT2D eigenvalue weighted by atomic mass is 35.5. The molecule has 1 aromatic carbocycles. The van der Waals surface area contributed by atoms with Crippen LogP contribution in [0.2, 0.25) is 10.0 Å². The Balaban J connectivity index is 2.73. The Morgan fingerprint density at radius 1 is 1.19 bits per heavy atom. The molecule has 0 saturated heterocycles. The van der Waals surface area contributed by atoms with Gasteiger partial charge in [-0.1, -0.05) is 29.3 Å². The van der Waals surface area contributed by atoms with Crippen molar-refractivity contribution in [2.45, 2.75) is 26.4 Å². The van der Waals surface area contributed by atoms with Crippen molar-refractivity contribution in [3.8, 4) is 0 Å². The monoisotopic (exact) mass is 279 g/mol. The van der Waals surface area contributed by atoms with Crippen LogP contribution in [-0.4, -0.2) is 23.4 Å². The molecule has 0 N–H and O–H groups in total. The van der Waals surface area contributed by atoms with Gasteiger partial charge in [0.05, 0.1) is 10.0 Å². The zero-order valence-corrected chi connectivity index (χ0v) is 11.8. The minimum absolute atomic E-state index is 0.466. The third-order valence-electron chi connectivity index (χ3n) is 2.47. The molecule has 0 aliphatic heterocycles. The topological polar surface area (TPSA) is 3.24 Å². The number of halogens is 3. The van der Waals surface area contributed by atoms with E-state index in [-0.39, 0.29) is 0 Å². The molecule has 0 radical (unpaired) electrons. The third kappa shape index (κ3) is 4.14. The second-order valence-electron chi connectivity index (χ2n) is 4.00. The molecule has 16 heavy (non-hydrogen) atoms. The number of benzene rings is 1. The first-order valence-corrected chi connectivity index (χ1v) is 6.57. The van der Waals surface area contributed by atoms with Gasteiger partial charge in [0.1, 0.15) is 0 Å². The Bertz CT molecular complexity index is 339. The number of hydrogen-bond donors (Lipinski definition) is 0. The lowest BCUT2D eigenvalue weighted by atomic mass is 10.2. The van der Waals surface area contributed by atoms with Crippen LogP contribution < -0.4 is 0 Å². The van der Waals surface area contributed by atoms with Gasteiger partial charge in [0.15, 0.2) is 0 Å². The maximum Gasteiger partial charge on any atom is 0.0595 e. The van der Waals surface area contributed by atoms with Crippen molar-refractivity contribution >= 4 is 34.8 Å².